The Labute approximate surface area is 154 Å². The standard InChI is InChI=1S/C18H26N2O5S/c1-13(18(22)20-15-5-3-2-4-6-15)25-17(21)12-9-14-7-10-16(11-8-14)26(19,23)24/h7-8,10-11,13,15H,2-6,9,12H2,1H3,(H,20,22)(H2,19,23,24). The number of hydrogen-bond donors (Lipinski definition) is 2. The lowest BCUT2D eigenvalue weighted by Crippen LogP contribution is -2.42. The quantitative estimate of drug-likeness (QED) is 0.696. The van der Waals surface area contributed by atoms with Gasteiger partial charge in [0.2, 0.25) is 10.0 Å². The maximum absolute atomic E-state index is 12.1. The summed E-state index contributed by atoms with van der Waals surface area (Å²) in [6.45, 7) is 1.57. The van der Waals surface area contributed by atoms with Crippen molar-refractivity contribution in [2.45, 2.75) is 68.9 Å². The van der Waals surface area contributed by atoms with Crippen LogP contribution < -0.4 is 10.5 Å². The van der Waals surface area contributed by atoms with Crippen molar-refractivity contribution >= 4 is 21.9 Å². The van der Waals surface area contributed by atoms with E-state index in [9.17, 15) is 18.0 Å². The zero-order chi connectivity index (χ0) is 19.2. The molecule has 1 aliphatic carbocycles. The van der Waals surface area contributed by atoms with Gasteiger partial charge in [-0.05, 0) is 43.9 Å². The molecule has 0 bridgehead atoms. The smallest absolute Gasteiger partial charge is 0.306 e. The van der Waals surface area contributed by atoms with Crippen molar-refractivity contribution in [2.24, 2.45) is 5.14 Å². The Balaban J connectivity index is 1.76. The maximum atomic E-state index is 12.1. The summed E-state index contributed by atoms with van der Waals surface area (Å²) >= 11 is 0. The monoisotopic (exact) mass is 382 g/mol. The fraction of sp³-hybridized carbons (Fsp3) is 0.556. The van der Waals surface area contributed by atoms with Crippen LogP contribution in [0.3, 0.4) is 0 Å². The number of amides is 1. The Morgan fingerprint density at radius 2 is 1.81 bits per heavy atom. The summed E-state index contributed by atoms with van der Waals surface area (Å²) in [4.78, 5) is 24.1. The molecule has 0 spiro atoms. The molecule has 2 rings (SSSR count). The first-order chi connectivity index (χ1) is 12.3. The van der Waals surface area contributed by atoms with Crippen LogP contribution in [0.4, 0.5) is 0 Å². The molecule has 7 nitrogen and oxygen atoms in total. The molecule has 8 heteroatoms. The molecule has 1 aromatic rings. The second-order valence-electron chi connectivity index (χ2n) is 6.66. The van der Waals surface area contributed by atoms with Gasteiger partial charge in [0.1, 0.15) is 0 Å². The van der Waals surface area contributed by atoms with E-state index in [0.717, 1.165) is 31.2 Å². The normalized spacial score (nSPS) is 16.7. The Morgan fingerprint density at radius 1 is 1.19 bits per heavy atom. The van der Waals surface area contributed by atoms with Crippen molar-refractivity contribution in [3.05, 3.63) is 29.8 Å². The van der Waals surface area contributed by atoms with Crippen LogP contribution in [0.15, 0.2) is 29.2 Å². The largest absolute Gasteiger partial charge is 0.453 e. The molecular weight excluding hydrogens is 356 g/mol. The van der Waals surface area contributed by atoms with Gasteiger partial charge in [-0.3, -0.25) is 9.59 Å². The molecule has 1 unspecified atom stereocenters. The highest BCUT2D eigenvalue weighted by atomic mass is 32.2. The summed E-state index contributed by atoms with van der Waals surface area (Å²) < 4.78 is 27.6. The van der Waals surface area contributed by atoms with Gasteiger partial charge in [0.05, 0.1) is 4.90 Å². The Bertz CT molecular complexity index is 724. The summed E-state index contributed by atoms with van der Waals surface area (Å²) in [6.07, 6.45) is 5.05. The van der Waals surface area contributed by atoms with Crippen LogP contribution in [-0.4, -0.2) is 32.4 Å². The molecule has 0 aliphatic heterocycles. The predicted octanol–water partition coefficient (Wildman–Crippen LogP) is 1.65. The lowest BCUT2D eigenvalue weighted by Gasteiger charge is -2.24. The lowest BCUT2D eigenvalue weighted by atomic mass is 9.95. The van der Waals surface area contributed by atoms with E-state index in [0.29, 0.717) is 6.42 Å². The average molecular weight is 382 g/mol. The van der Waals surface area contributed by atoms with E-state index < -0.39 is 22.1 Å². The number of carbonyl (C=O) groups excluding carboxylic acids is 2. The van der Waals surface area contributed by atoms with Crippen LogP contribution in [0.25, 0.3) is 0 Å². The minimum absolute atomic E-state index is 0.0248. The van der Waals surface area contributed by atoms with Crippen LogP contribution in [0, 0.1) is 0 Å². The summed E-state index contributed by atoms with van der Waals surface area (Å²) in [5.41, 5.74) is 0.786. The highest BCUT2D eigenvalue weighted by Crippen LogP contribution is 2.17. The second kappa shape index (κ2) is 9.14. The number of rotatable bonds is 7. The van der Waals surface area contributed by atoms with Crippen LogP contribution in [-0.2, 0) is 30.8 Å². The topological polar surface area (TPSA) is 116 Å². The molecule has 0 aromatic heterocycles. The predicted molar refractivity (Wildman–Crippen MR) is 96.7 cm³/mol. The number of esters is 1. The first-order valence-electron chi connectivity index (χ1n) is 8.87. The minimum Gasteiger partial charge on any atom is -0.453 e. The first kappa shape index (κ1) is 20.4. The molecule has 3 N–H and O–H groups in total. The summed E-state index contributed by atoms with van der Waals surface area (Å²) in [6, 6.07) is 6.18. The zero-order valence-electron chi connectivity index (χ0n) is 14.9. The molecule has 1 saturated carbocycles. The van der Waals surface area contributed by atoms with Gasteiger partial charge in [0.15, 0.2) is 6.10 Å². The number of carbonyl (C=O) groups is 2. The fourth-order valence-corrected chi connectivity index (χ4v) is 3.48. The number of ether oxygens (including phenoxy) is 1. The molecular formula is C18H26N2O5S. The van der Waals surface area contributed by atoms with Crippen molar-refractivity contribution in [3.63, 3.8) is 0 Å². The third kappa shape index (κ3) is 6.42. The van der Waals surface area contributed by atoms with Gasteiger partial charge in [0, 0.05) is 12.5 Å². The Kier molecular flexibility index (Phi) is 7.16. The second-order valence-corrected chi connectivity index (χ2v) is 8.23. The van der Waals surface area contributed by atoms with Crippen molar-refractivity contribution in [1.29, 1.82) is 0 Å². The van der Waals surface area contributed by atoms with Gasteiger partial charge in [-0.1, -0.05) is 31.4 Å². The average Bonchev–Trinajstić information content (AvgIpc) is 2.60. The number of hydrogen-bond acceptors (Lipinski definition) is 5. The van der Waals surface area contributed by atoms with Crippen LogP contribution >= 0.6 is 0 Å². The molecule has 0 radical (unpaired) electrons. The number of sulfonamides is 1. The molecule has 26 heavy (non-hydrogen) atoms. The minimum atomic E-state index is -3.72. The van der Waals surface area contributed by atoms with Crippen LogP contribution in [0.5, 0.6) is 0 Å². The summed E-state index contributed by atoms with van der Waals surface area (Å²) in [7, 11) is -3.72. The lowest BCUT2D eigenvalue weighted by molar-refractivity contribution is -0.155. The molecule has 144 valence electrons. The van der Waals surface area contributed by atoms with Gasteiger partial charge in [-0.2, -0.15) is 0 Å². The fourth-order valence-electron chi connectivity index (χ4n) is 2.97. The molecule has 1 aliphatic rings. The molecule has 0 heterocycles. The number of nitrogens with two attached hydrogens (primary N) is 1. The molecule has 1 atom stereocenters. The molecule has 0 saturated heterocycles. The number of nitrogens with one attached hydrogen (secondary N) is 1. The van der Waals surface area contributed by atoms with Crippen LogP contribution in [0.2, 0.25) is 0 Å². The van der Waals surface area contributed by atoms with E-state index in [1.165, 1.54) is 18.6 Å². The van der Waals surface area contributed by atoms with E-state index in [4.69, 9.17) is 9.88 Å². The van der Waals surface area contributed by atoms with Gasteiger partial charge < -0.3 is 10.1 Å². The van der Waals surface area contributed by atoms with Crippen molar-refractivity contribution in [1.82, 2.24) is 5.32 Å². The van der Waals surface area contributed by atoms with Crippen molar-refractivity contribution in [3.8, 4) is 0 Å². The van der Waals surface area contributed by atoms with Crippen molar-refractivity contribution in [2.75, 3.05) is 0 Å². The molecule has 1 fully saturated rings. The van der Waals surface area contributed by atoms with Gasteiger partial charge in [0.25, 0.3) is 5.91 Å². The number of aryl methyl sites for hydroxylation is 1. The highest BCUT2D eigenvalue weighted by molar-refractivity contribution is 7.89. The summed E-state index contributed by atoms with van der Waals surface area (Å²) in [5, 5.41) is 7.97. The SMILES string of the molecule is CC(OC(=O)CCc1ccc(S(N)(=O)=O)cc1)C(=O)NC1CCCCC1. The molecule has 1 aromatic carbocycles. The zero-order valence-corrected chi connectivity index (χ0v) is 15.8. The van der Waals surface area contributed by atoms with Gasteiger partial charge in [-0.25, -0.2) is 13.6 Å². The Morgan fingerprint density at radius 3 is 2.38 bits per heavy atom. The number of benzene rings is 1. The molecule has 1 amide bonds. The van der Waals surface area contributed by atoms with Gasteiger partial charge in [-0.15, -0.1) is 0 Å². The van der Waals surface area contributed by atoms with E-state index in [-0.39, 0.29) is 23.3 Å². The maximum Gasteiger partial charge on any atom is 0.306 e. The summed E-state index contributed by atoms with van der Waals surface area (Å²) in [5.74, 6) is -0.727. The Hall–Kier alpha value is -1.93. The first-order valence-corrected chi connectivity index (χ1v) is 10.4. The third-order valence-electron chi connectivity index (χ3n) is 4.50. The third-order valence-corrected chi connectivity index (χ3v) is 5.43. The van der Waals surface area contributed by atoms with E-state index >= 15 is 0 Å². The van der Waals surface area contributed by atoms with E-state index in [1.807, 2.05) is 0 Å². The van der Waals surface area contributed by atoms with Crippen molar-refractivity contribution < 1.29 is 22.7 Å². The number of primary sulfonamides is 1. The van der Waals surface area contributed by atoms with E-state index in [1.54, 1.807) is 19.1 Å². The van der Waals surface area contributed by atoms with Crippen LogP contribution in [0.1, 0.15) is 51.0 Å². The van der Waals surface area contributed by atoms with Gasteiger partial charge >= 0.3 is 5.97 Å². The van der Waals surface area contributed by atoms with E-state index in [2.05, 4.69) is 5.32 Å². The highest BCUT2D eigenvalue weighted by Gasteiger charge is 2.22.